The minimum absolute atomic E-state index is 0.0563. The second-order valence-electron chi connectivity index (χ2n) is 18.1. The van der Waals surface area contributed by atoms with E-state index in [2.05, 4.69) is 62.5 Å². The summed E-state index contributed by atoms with van der Waals surface area (Å²) in [4.78, 5) is 37.1. The van der Waals surface area contributed by atoms with Crippen molar-refractivity contribution in [1.82, 2.24) is 0 Å². The molecule has 0 saturated carbocycles. The lowest BCUT2D eigenvalue weighted by Crippen LogP contribution is -2.50. The van der Waals surface area contributed by atoms with Gasteiger partial charge in [0, 0.05) is 19.3 Å². The number of aliphatic carboxylic acids is 1. The average Bonchev–Trinajstić information content (AvgIpc) is 3.22. The Bertz CT molecular complexity index is 1140. The molecule has 0 fully saturated rings. The molecular weight excluding hydrogens is 763 g/mol. The van der Waals surface area contributed by atoms with Crippen LogP contribution in [0.15, 0.2) is 48.6 Å². The van der Waals surface area contributed by atoms with Gasteiger partial charge in [-0.05, 0) is 70.6 Å². The monoisotopic (exact) mass is 859 g/mol. The van der Waals surface area contributed by atoms with Crippen molar-refractivity contribution >= 4 is 17.9 Å². The Labute approximate surface area is 376 Å². The van der Waals surface area contributed by atoms with Crippen molar-refractivity contribution in [1.29, 1.82) is 0 Å². The predicted octanol–water partition coefficient (Wildman–Crippen LogP) is 14.4. The number of likely N-dealkylation sites (N-methyl/N-ethyl adjacent to an activating group) is 1. The van der Waals surface area contributed by atoms with E-state index in [1.54, 1.807) is 0 Å². The molecule has 0 spiro atoms. The third-order valence-electron chi connectivity index (χ3n) is 11.2. The van der Waals surface area contributed by atoms with E-state index < -0.39 is 18.1 Å². The summed E-state index contributed by atoms with van der Waals surface area (Å²) in [5.41, 5.74) is 0. The van der Waals surface area contributed by atoms with E-state index in [1.165, 1.54) is 135 Å². The molecule has 0 aromatic carbocycles. The van der Waals surface area contributed by atoms with E-state index in [9.17, 15) is 19.5 Å². The molecule has 0 bridgehead atoms. The van der Waals surface area contributed by atoms with Gasteiger partial charge in [0.1, 0.15) is 6.61 Å². The predicted molar refractivity (Wildman–Crippen MR) is 257 cm³/mol. The number of quaternary nitrogens is 1. The molecular formula is C53H96NO7+. The van der Waals surface area contributed by atoms with E-state index in [1.807, 2.05) is 21.1 Å². The summed E-state index contributed by atoms with van der Waals surface area (Å²) < 4.78 is 17.3. The van der Waals surface area contributed by atoms with Crippen molar-refractivity contribution in [2.45, 2.75) is 231 Å². The van der Waals surface area contributed by atoms with Crippen LogP contribution in [-0.4, -0.2) is 80.6 Å². The third kappa shape index (κ3) is 42.4. The molecule has 0 radical (unpaired) electrons. The van der Waals surface area contributed by atoms with E-state index in [0.717, 1.165) is 51.4 Å². The standard InChI is InChI=1S/C53H95NO7/c1-6-8-10-12-14-16-18-20-22-24-25-26-28-30-32-34-36-38-40-42-44-52(56)61-49(47-59-46-45-50(53(57)58)54(3,4)5)48-60-51(55)43-41-39-37-35-33-31-29-27-23-21-19-17-15-13-11-9-7-2/h15-18,20-23,49-50H,6-14,19,24-48H2,1-5H3/p+1/b17-15+,18-16+,22-20+,23-21+. The van der Waals surface area contributed by atoms with E-state index in [0.29, 0.717) is 19.3 Å². The van der Waals surface area contributed by atoms with E-state index in [4.69, 9.17) is 14.2 Å². The van der Waals surface area contributed by atoms with Crippen molar-refractivity contribution in [3.05, 3.63) is 48.6 Å². The zero-order chi connectivity index (χ0) is 44.9. The highest BCUT2D eigenvalue weighted by molar-refractivity contribution is 5.72. The molecule has 2 atom stereocenters. The minimum atomic E-state index is -0.876. The zero-order valence-electron chi connectivity index (χ0n) is 40.4. The quantitative estimate of drug-likeness (QED) is 0.0214. The number of carboxylic acids is 1. The highest BCUT2D eigenvalue weighted by Gasteiger charge is 2.31. The number of carbonyl (C=O) groups excluding carboxylic acids is 2. The molecule has 0 saturated heterocycles. The molecule has 2 unspecified atom stereocenters. The van der Waals surface area contributed by atoms with Gasteiger partial charge in [-0.25, -0.2) is 4.79 Å². The molecule has 0 amide bonds. The molecule has 8 heteroatoms. The number of nitrogens with zero attached hydrogens (tertiary/aromatic N) is 1. The molecule has 0 heterocycles. The van der Waals surface area contributed by atoms with Crippen LogP contribution in [0.3, 0.4) is 0 Å². The Morgan fingerprint density at radius 2 is 0.918 bits per heavy atom. The normalized spacial score (nSPS) is 13.3. The van der Waals surface area contributed by atoms with Gasteiger partial charge in [0.25, 0.3) is 0 Å². The second kappa shape index (κ2) is 43.9. The van der Waals surface area contributed by atoms with Crippen LogP contribution in [0.2, 0.25) is 0 Å². The molecule has 0 aliphatic rings. The van der Waals surface area contributed by atoms with Gasteiger partial charge in [0.05, 0.1) is 34.4 Å². The van der Waals surface area contributed by atoms with Crippen LogP contribution in [0.25, 0.3) is 0 Å². The fraction of sp³-hybridized carbons (Fsp3) is 0.792. The SMILES string of the molecule is CCCCC/C=C/C/C=C/CCCCCCCCCC(=O)OCC(COCCC(C(=O)O)[N+](C)(C)C)OC(=O)CCCCCCCCCCCC/C=C/C=C/CCCCCC. The van der Waals surface area contributed by atoms with Gasteiger partial charge < -0.3 is 23.8 Å². The molecule has 0 aliphatic carbocycles. The average molecular weight is 859 g/mol. The first kappa shape index (κ1) is 58.3. The van der Waals surface area contributed by atoms with Crippen molar-refractivity contribution in [2.24, 2.45) is 0 Å². The minimum Gasteiger partial charge on any atom is -0.477 e. The molecule has 1 N–H and O–H groups in total. The second-order valence-corrected chi connectivity index (χ2v) is 18.1. The van der Waals surface area contributed by atoms with Crippen LogP contribution < -0.4 is 0 Å². The highest BCUT2D eigenvalue weighted by atomic mass is 16.6. The van der Waals surface area contributed by atoms with Gasteiger partial charge in [-0.3, -0.25) is 9.59 Å². The number of esters is 2. The molecule has 354 valence electrons. The fourth-order valence-corrected chi connectivity index (χ4v) is 7.29. The molecule has 0 aromatic heterocycles. The summed E-state index contributed by atoms with van der Waals surface area (Å²) in [6.45, 7) is 4.70. The van der Waals surface area contributed by atoms with E-state index >= 15 is 0 Å². The van der Waals surface area contributed by atoms with Crippen LogP contribution in [0, 0.1) is 0 Å². The molecule has 0 aliphatic heterocycles. The van der Waals surface area contributed by atoms with Gasteiger partial charge in [0.2, 0.25) is 0 Å². The lowest BCUT2D eigenvalue weighted by molar-refractivity contribution is -0.887. The smallest absolute Gasteiger partial charge is 0.362 e. The van der Waals surface area contributed by atoms with Crippen LogP contribution in [-0.2, 0) is 28.6 Å². The van der Waals surface area contributed by atoms with Crippen molar-refractivity contribution in [2.75, 3.05) is 41.0 Å². The largest absolute Gasteiger partial charge is 0.477 e. The zero-order valence-corrected chi connectivity index (χ0v) is 40.4. The van der Waals surface area contributed by atoms with Crippen molar-refractivity contribution < 1.29 is 38.2 Å². The van der Waals surface area contributed by atoms with Crippen LogP contribution in [0.5, 0.6) is 0 Å². The van der Waals surface area contributed by atoms with Crippen molar-refractivity contribution in [3.63, 3.8) is 0 Å². The Balaban J connectivity index is 4.27. The molecule has 0 aromatic rings. The molecule has 8 nitrogen and oxygen atoms in total. The maximum absolute atomic E-state index is 12.8. The Kier molecular flexibility index (Phi) is 42.0. The maximum Gasteiger partial charge on any atom is 0.362 e. The van der Waals surface area contributed by atoms with Crippen LogP contribution >= 0.6 is 0 Å². The van der Waals surface area contributed by atoms with E-state index in [-0.39, 0.29) is 36.2 Å². The lowest BCUT2D eigenvalue weighted by atomic mass is 10.1. The van der Waals surface area contributed by atoms with Gasteiger partial charge in [-0.2, -0.15) is 0 Å². The van der Waals surface area contributed by atoms with Crippen LogP contribution in [0.4, 0.5) is 0 Å². The van der Waals surface area contributed by atoms with Gasteiger partial charge in [0.15, 0.2) is 12.1 Å². The van der Waals surface area contributed by atoms with Crippen LogP contribution in [0.1, 0.15) is 219 Å². The highest BCUT2D eigenvalue weighted by Crippen LogP contribution is 2.15. The number of hydrogen-bond acceptors (Lipinski definition) is 6. The Morgan fingerprint density at radius 3 is 1.39 bits per heavy atom. The number of ether oxygens (including phenoxy) is 3. The first-order valence-corrected chi connectivity index (χ1v) is 25.2. The maximum atomic E-state index is 12.8. The summed E-state index contributed by atoms with van der Waals surface area (Å²) >= 11 is 0. The first-order valence-electron chi connectivity index (χ1n) is 25.2. The van der Waals surface area contributed by atoms with Crippen molar-refractivity contribution in [3.8, 4) is 0 Å². The summed E-state index contributed by atoms with van der Waals surface area (Å²) in [5, 5.41) is 9.65. The number of carboxylic acid groups (broad SMARTS) is 1. The number of allylic oxidation sites excluding steroid dienone is 8. The summed E-state index contributed by atoms with van der Waals surface area (Å²) in [7, 11) is 5.53. The summed E-state index contributed by atoms with van der Waals surface area (Å²) in [5.74, 6) is -1.48. The summed E-state index contributed by atoms with van der Waals surface area (Å²) in [6, 6.07) is -0.617. The van der Waals surface area contributed by atoms with Gasteiger partial charge in [-0.1, -0.05) is 178 Å². The lowest BCUT2D eigenvalue weighted by Gasteiger charge is -2.31. The molecule has 61 heavy (non-hydrogen) atoms. The molecule has 0 rings (SSSR count). The summed E-state index contributed by atoms with van der Waals surface area (Å²) in [6.07, 6.45) is 52.9. The topological polar surface area (TPSA) is 99.1 Å². The Hall–Kier alpha value is -2.71. The Morgan fingerprint density at radius 1 is 0.508 bits per heavy atom. The number of unbranched alkanes of at least 4 members (excludes halogenated alkanes) is 24. The first-order chi connectivity index (χ1) is 29.6. The van der Waals surface area contributed by atoms with Gasteiger partial charge in [-0.15, -0.1) is 0 Å². The third-order valence-corrected chi connectivity index (χ3v) is 11.2. The number of hydrogen-bond donors (Lipinski definition) is 1. The number of carbonyl (C=O) groups is 3. The fourth-order valence-electron chi connectivity index (χ4n) is 7.29. The number of rotatable bonds is 45. The van der Waals surface area contributed by atoms with Gasteiger partial charge >= 0.3 is 17.9 Å².